The van der Waals surface area contributed by atoms with Crippen LogP contribution in [0.4, 0.5) is 0 Å². The Morgan fingerprint density at radius 3 is 2.59 bits per heavy atom. The van der Waals surface area contributed by atoms with Gasteiger partial charge >= 0.3 is 0 Å². The number of hydrogen-bond donors (Lipinski definition) is 3. The maximum Gasteiger partial charge on any atom is 0.193 e. The summed E-state index contributed by atoms with van der Waals surface area (Å²) in [5.41, 5.74) is 2.19. The molecule has 4 fully saturated rings. The van der Waals surface area contributed by atoms with Crippen LogP contribution in [0.5, 0.6) is 0 Å². The van der Waals surface area contributed by atoms with Crippen molar-refractivity contribution in [3.05, 3.63) is 94.6 Å². The minimum Gasteiger partial charge on any atom is -0.393 e. The number of benzene rings is 2. The van der Waals surface area contributed by atoms with Crippen LogP contribution in [0.1, 0.15) is 68.1 Å². The van der Waals surface area contributed by atoms with Crippen LogP contribution in [-0.2, 0) is 25.7 Å². The molecule has 0 spiro atoms. The van der Waals surface area contributed by atoms with Crippen molar-refractivity contribution in [1.29, 1.82) is 0 Å². The fourth-order valence-electron chi connectivity index (χ4n) is 9.59. The third-order valence-corrected chi connectivity index (χ3v) is 11.6. The number of carbonyl (C=O) groups excluding carboxylic acids is 2. The molecule has 44 heavy (non-hydrogen) atoms. The molecule has 7 heteroatoms. The van der Waals surface area contributed by atoms with Crippen LogP contribution >= 0.6 is 0 Å². The molecule has 3 N–H and O–H groups in total. The van der Waals surface area contributed by atoms with Gasteiger partial charge in [-0.05, 0) is 72.4 Å². The Morgan fingerprint density at radius 1 is 1.07 bits per heavy atom. The molecule has 0 aromatic heterocycles. The molecular formula is C37H40O7. The maximum absolute atomic E-state index is 13.7. The summed E-state index contributed by atoms with van der Waals surface area (Å²) in [5.74, 6) is -0.298. The lowest BCUT2D eigenvalue weighted by Crippen LogP contribution is -2.63. The zero-order chi connectivity index (χ0) is 30.9. The van der Waals surface area contributed by atoms with Gasteiger partial charge in [-0.2, -0.15) is 0 Å². The van der Waals surface area contributed by atoms with Gasteiger partial charge in [-0.1, -0.05) is 80.1 Å². The van der Waals surface area contributed by atoms with Gasteiger partial charge in [-0.25, -0.2) is 0 Å². The number of aliphatic hydroxyl groups is 3. The molecule has 1 aliphatic heterocycles. The van der Waals surface area contributed by atoms with Gasteiger partial charge in [0.2, 0.25) is 0 Å². The second kappa shape index (κ2) is 10.7. The lowest BCUT2D eigenvalue weighted by atomic mass is 9.46. The summed E-state index contributed by atoms with van der Waals surface area (Å²) < 4.78 is 13.3. The summed E-state index contributed by atoms with van der Waals surface area (Å²) >= 11 is 0. The van der Waals surface area contributed by atoms with E-state index in [1.807, 2.05) is 73.7 Å². The SMILES string of the molecule is C[C@]12C=CC(=O)C=C1CC[C@@H]1[C@@H]2[C@@H](O)C[C@@]2(C)[C@H]1C[C@H]1O[C@@H](c3ccc(/C=C/c4cccc(CO)c4)cc3)O[C@]12C(=O)CO. The first-order valence-electron chi connectivity index (χ1n) is 15.7. The Morgan fingerprint density at radius 2 is 1.84 bits per heavy atom. The van der Waals surface area contributed by atoms with Gasteiger partial charge in [-0.15, -0.1) is 0 Å². The van der Waals surface area contributed by atoms with Crippen LogP contribution in [0.3, 0.4) is 0 Å². The second-order valence-corrected chi connectivity index (χ2v) is 13.7. The van der Waals surface area contributed by atoms with Crippen LogP contribution in [-0.4, -0.2) is 51.3 Å². The molecule has 5 aliphatic rings. The lowest BCUT2D eigenvalue weighted by molar-refractivity contribution is -0.201. The summed E-state index contributed by atoms with van der Waals surface area (Å²) in [7, 11) is 0. The van der Waals surface area contributed by atoms with E-state index in [1.165, 1.54) is 0 Å². The zero-order valence-corrected chi connectivity index (χ0v) is 25.2. The Kier molecular flexibility index (Phi) is 7.18. The highest BCUT2D eigenvalue weighted by Crippen LogP contribution is 2.70. The average molecular weight is 597 g/mol. The predicted octanol–water partition coefficient (Wildman–Crippen LogP) is 4.95. The summed E-state index contributed by atoms with van der Waals surface area (Å²) in [5, 5.41) is 31.4. The zero-order valence-electron chi connectivity index (χ0n) is 25.2. The van der Waals surface area contributed by atoms with Crippen molar-refractivity contribution < 1.29 is 34.4 Å². The number of rotatable bonds is 6. The number of allylic oxidation sites excluding steroid dienone is 4. The number of Topliss-reactive ketones (excluding diaryl/α,β-unsaturated/α-hetero) is 1. The van der Waals surface area contributed by atoms with E-state index in [0.717, 1.165) is 40.7 Å². The van der Waals surface area contributed by atoms with Gasteiger partial charge in [0.05, 0.1) is 18.8 Å². The molecule has 4 aliphatic carbocycles. The van der Waals surface area contributed by atoms with E-state index in [0.29, 0.717) is 12.8 Å². The first-order chi connectivity index (χ1) is 21.1. The number of fused-ring (bicyclic) bond motifs is 7. The van der Waals surface area contributed by atoms with Crippen molar-refractivity contribution in [3.63, 3.8) is 0 Å². The first kappa shape index (κ1) is 29.5. The van der Waals surface area contributed by atoms with Crippen LogP contribution in [0, 0.1) is 28.6 Å². The molecule has 0 unspecified atom stereocenters. The van der Waals surface area contributed by atoms with Crippen molar-refractivity contribution in [1.82, 2.24) is 0 Å². The molecule has 1 saturated heterocycles. The maximum atomic E-state index is 13.7. The Bertz CT molecular complexity index is 1570. The highest BCUT2D eigenvalue weighted by atomic mass is 16.7. The molecule has 2 aromatic carbocycles. The first-order valence-corrected chi connectivity index (χ1v) is 15.7. The van der Waals surface area contributed by atoms with Crippen LogP contribution in [0.2, 0.25) is 0 Å². The normalized spacial score (nSPS) is 39.0. The van der Waals surface area contributed by atoms with E-state index in [1.54, 1.807) is 12.2 Å². The van der Waals surface area contributed by atoms with Crippen molar-refractivity contribution in [3.8, 4) is 0 Å². The highest BCUT2D eigenvalue weighted by Gasteiger charge is 2.75. The molecule has 2 aromatic rings. The average Bonchev–Trinajstić information content (AvgIpc) is 3.53. The van der Waals surface area contributed by atoms with Crippen LogP contribution in [0.25, 0.3) is 12.2 Å². The molecule has 7 rings (SSSR count). The van der Waals surface area contributed by atoms with Gasteiger partial charge in [0.1, 0.15) is 6.61 Å². The van der Waals surface area contributed by atoms with Crippen molar-refractivity contribution in [2.45, 2.75) is 70.2 Å². The van der Waals surface area contributed by atoms with Gasteiger partial charge in [-0.3, -0.25) is 9.59 Å². The van der Waals surface area contributed by atoms with Gasteiger partial charge in [0, 0.05) is 22.3 Å². The molecule has 9 atom stereocenters. The molecule has 230 valence electrons. The lowest BCUT2D eigenvalue weighted by Gasteiger charge is -2.59. The van der Waals surface area contributed by atoms with Crippen LogP contribution in [0.15, 0.2) is 72.3 Å². The smallest absolute Gasteiger partial charge is 0.193 e. The number of hydrogen-bond acceptors (Lipinski definition) is 7. The summed E-state index contributed by atoms with van der Waals surface area (Å²) in [6.07, 6.45) is 9.87. The van der Waals surface area contributed by atoms with Crippen molar-refractivity contribution in [2.75, 3.05) is 6.61 Å². The topological polar surface area (TPSA) is 113 Å². The Hall–Kier alpha value is -3.20. The standard InChI is InChI=1S/C37H40O7/c1-35-15-14-27(40)17-26(35)12-13-28-29-18-32-37(31(42)21-39,36(29,2)19-30(41)33(28)35)44-34(43-32)25-10-8-22(9-11-25)6-7-23-4-3-5-24(16-23)20-38/h3-11,14-17,28-30,32-34,38-39,41H,12-13,18-21H2,1-2H3/b7-6+/t28-,29-,30-,32+,33+,34+,35-,36-,37+/m0/s1. The van der Waals surface area contributed by atoms with E-state index in [9.17, 15) is 24.9 Å². The Labute approximate surface area is 257 Å². The number of aliphatic hydroxyl groups excluding tert-OH is 3. The van der Waals surface area contributed by atoms with Gasteiger partial charge < -0.3 is 24.8 Å². The minimum atomic E-state index is -1.37. The molecule has 0 amide bonds. The fraction of sp³-hybridized carbons (Fsp3) is 0.459. The third kappa shape index (κ3) is 4.28. The quantitative estimate of drug-likeness (QED) is 0.405. The molecule has 0 bridgehead atoms. The highest BCUT2D eigenvalue weighted by molar-refractivity contribution is 6.01. The van der Waals surface area contributed by atoms with E-state index in [2.05, 4.69) is 6.92 Å². The molecule has 0 radical (unpaired) electrons. The number of ether oxygens (including phenoxy) is 2. The fourth-order valence-corrected chi connectivity index (χ4v) is 9.59. The summed E-state index contributed by atoms with van der Waals surface area (Å²) in [6, 6.07) is 15.5. The van der Waals surface area contributed by atoms with Crippen molar-refractivity contribution >= 4 is 23.7 Å². The second-order valence-electron chi connectivity index (χ2n) is 13.7. The van der Waals surface area contributed by atoms with E-state index < -0.39 is 47.3 Å². The molecule has 1 heterocycles. The Balaban J connectivity index is 1.15. The van der Waals surface area contributed by atoms with E-state index >= 15 is 0 Å². The van der Waals surface area contributed by atoms with Gasteiger partial charge in [0.25, 0.3) is 0 Å². The third-order valence-electron chi connectivity index (χ3n) is 11.6. The van der Waals surface area contributed by atoms with Gasteiger partial charge in [0.15, 0.2) is 23.5 Å². The van der Waals surface area contributed by atoms with E-state index in [4.69, 9.17) is 9.47 Å². The molecular weight excluding hydrogens is 556 g/mol. The summed E-state index contributed by atoms with van der Waals surface area (Å²) in [4.78, 5) is 25.9. The predicted molar refractivity (Wildman–Crippen MR) is 165 cm³/mol. The number of ketones is 2. The largest absolute Gasteiger partial charge is 0.393 e. The monoisotopic (exact) mass is 596 g/mol. The number of carbonyl (C=O) groups is 2. The minimum absolute atomic E-state index is 0.00122. The van der Waals surface area contributed by atoms with E-state index in [-0.39, 0.29) is 30.1 Å². The molecule has 7 nitrogen and oxygen atoms in total. The summed E-state index contributed by atoms with van der Waals surface area (Å²) in [6.45, 7) is 3.51. The van der Waals surface area contributed by atoms with Crippen molar-refractivity contribution in [2.24, 2.45) is 28.6 Å². The molecule has 3 saturated carbocycles. The van der Waals surface area contributed by atoms with Crippen LogP contribution < -0.4 is 0 Å².